The molecule has 0 heterocycles. The fourth-order valence-corrected chi connectivity index (χ4v) is 0.838. The molecule has 0 atom stereocenters. The van der Waals surface area contributed by atoms with E-state index in [-0.39, 0.29) is 1.43 Å². The molecular weight excluding hydrogens is 108 g/mol. The largest absolute Gasteiger partial charge is 0.0622 e. The summed E-state index contributed by atoms with van der Waals surface area (Å²) in [6.45, 7) is 4.41. The van der Waals surface area contributed by atoms with Crippen LogP contribution in [0.5, 0.6) is 0 Å². The average Bonchev–Trinajstić information content (AvgIpc) is 1.90. The van der Waals surface area contributed by atoms with Crippen LogP contribution in [0.2, 0.25) is 0 Å². The molecule has 0 saturated heterocycles. The summed E-state index contributed by atoms with van der Waals surface area (Å²) >= 11 is 0. The van der Waals surface area contributed by atoms with Crippen LogP contribution in [0.15, 0.2) is 30.3 Å². The number of hydrogen-bond acceptors (Lipinski definition) is 0. The molecule has 1 aromatic carbocycles. The van der Waals surface area contributed by atoms with Crippen LogP contribution < -0.4 is 0 Å². The lowest BCUT2D eigenvalue weighted by Gasteiger charge is -2.01. The van der Waals surface area contributed by atoms with Gasteiger partial charge in [0, 0.05) is 1.43 Å². The Morgan fingerprint density at radius 1 is 1.11 bits per heavy atom. The van der Waals surface area contributed by atoms with E-state index in [1.165, 1.54) is 5.56 Å². The van der Waals surface area contributed by atoms with E-state index in [9.17, 15) is 0 Å². The average molecular weight is 122 g/mol. The highest BCUT2D eigenvalue weighted by Gasteiger charge is 1.93. The molecule has 0 bridgehead atoms. The van der Waals surface area contributed by atoms with Gasteiger partial charge in [0.25, 0.3) is 0 Å². The first-order chi connectivity index (χ1) is 4.30. The first-order valence-corrected chi connectivity index (χ1v) is 3.35. The molecule has 1 rings (SSSR count). The van der Waals surface area contributed by atoms with E-state index in [4.69, 9.17) is 0 Å². The zero-order valence-electron chi connectivity index (χ0n) is 5.96. The summed E-state index contributed by atoms with van der Waals surface area (Å²) in [4.78, 5) is 0. The Labute approximate surface area is 58.0 Å². The second-order valence-electron chi connectivity index (χ2n) is 2.57. The van der Waals surface area contributed by atoms with Crippen molar-refractivity contribution in [3.05, 3.63) is 35.9 Å². The van der Waals surface area contributed by atoms with E-state index in [0.717, 1.165) is 0 Å². The van der Waals surface area contributed by atoms with Crippen LogP contribution in [-0.4, -0.2) is 0 Å². The van der Waals surface area contributed by atoms with Crippen LogP contribution in [0.25, 0.3) is 0 Å². The molecule has 0 amide bonds. The van der Waals surface area contributed by atoms with Crippen LogP contribution in [0.3, 0.4) is 0 Å². The van der Waals surface area contributed by atoms with Gasteiger partial charge in [0.2, 0.25) is 0 Å². The van der Waals surface area contributed by atoms with Gasteiger partial charge in [0.15, 0.2) is 0 Å². The fourth-order valence-electron chi connectivity index (χ4n) is 0.838. The smallest absolute Gasteiger partial charge is 0 e. The Morgan fingerprint density at radius 2 is 1.67 bits per heavy atom. The van der Waals surface area contributed by atoms with Gasteiger partial charge in [-0.2, -0.15) is 0 Å². The normalized spacial score (nSPS) is 10.1. The maximum absolute atomic E-state index is 2.20. The van der Waals surface area contributed by atoms with E-state index < -0.39 is 0 Å². The topological polar surface area (TPSA) is 0 Å². The van der Waals surface area contributed by atoms with Gasteiger partial charge in [-0.25, -0.2) is 0 Å². The van der Waals surface area contributed by atoms with Crippen molar-refractivity contribution in [1.29, 1.82) is 0 Å². The summed E-state index contributed by atoms with van der Waals surface area (Å²) in [6, 6.07) is 10.5. The monoisotopic (exact) mass is 122 g/mol. The Hall–Kier alpha value is -0.780. The predicted molar refractivity (Wildman–Crippen MR) is 42.6 cm³/mol. The molecule has 0 aromatic heterocycles. The first kappa shape index (κ1) is 6.34. The molecule has 0 aliphatic rings. The van der Waals surface area contributed by atoms with Crippen molar-refractivity contribution in [2.75, 3.05) is 0 Å². The standard InChI is InChI=1S/C9H12.H2/c1-8(2)9-6-4-3-5-7-9;/h3-8H,1-2H3;1H. The Balaban J connectivity index is 0.000000810. The second kappa shape index (κ2) is 2.67. The third-order valence-corrected chi connectivity index (χ3v) is 1.47. The van der Waals surface area contributed by atoms with Gasteiger partial charge < -0.3 is 0 Å². The molecule has 9 heavy (non-hydrogen) atoms. The summed E-state index contributed by atoms with van der Waals surface area (Å²) in [5, 5.41) is 0. The highest BCUT2D eigenvalue weighted by atomic mass is 14.0. The van der Waals surface area contributed by atoms with Gasteiger partial charge in [0.1, 0.15) is 0 Å². The summed E-state index contributed by atoms with van der Waals surface area (Å²) in [5.41, 5.74) is 1.41. The van der Waals surface area contributed by atoms with Crippen molar-refractivity contribution in [3.8, 4) is 0 Å². The molecule has 0 spiro atoms. The van der Waals surface area contributed by atoms with E-state index in [2.05, 4.69) is 38.1 Å². The first-order valence-electron chi connectivity index (χ1n) is 3.35. The summed E-state index contributed by atoms with van der Waals surface area (Å²) in [6.07, 6.45) is 0. The quantitative estimate of drug-likeness (QED) is 0.537. The molecule has 1 aromatic rings. The van der Waals surface area contributed by atoms with Gasteiger partial charge >= 0.3 is 0 Å². The number of hydrogen-bond donors (Lipinski definition) is 0. The molecule has 0 N–H and O–H groups in total. The van der Waals surface area contributed by atoms with E-state index in [0.29, 0.717) is 5.92 Å². The summed E-state index contributed by atoms with van der Waals surface area (Å²) in [7, 11) is 0. The fraction of sp³-hybridized carbons (Fsp3) is 0.333. The van der Waals surface area contributed by atoms with Gasteiger partial charge in [0.05, 0.1) is 0 Å². The minimum Gasteiger partial charge on any atom is -0.0622 e. The molecule has 0 aliphatic carbocycles. The van der Waals surface area contributed by atoms with Crippen LogP contribution in [-0.2, 0) is 0 Å². The third-order valence-electron chi connectivity index (χ3n) is 1.47. The molecule has 0 fully saturated rings. The molecule has 0 aliphatic heterocycles. The van der Waals surface area contributed by atoms with E-state index in [1.807, 2.05) is 6.07 Å². The maximum Gasteiger partial charge on any atom is 0 e. The zero-order valence-corrected chi connectivity index (χ0v) is 5.96. The molecule has 0 saturated carbocycles. The van der Waals surface area contributed by atoms with Crippen LogP contribution in [0, 0.1) is 0 Å². The molecule has 0 unspecified atom stereocenters. The van der Waals surface area contributed by atoms with Crippen molar-refractivity contribution in [2.45, 2.75) is 19.8 Å². The Kier molecular flexibility index (Phi) is 1.88. The van der Waals surface area contributed by atoms with Crippen LogP contribution in [0.1, 0.15) is 26.8 Å². The molecular formula is C9H14. The second-order valence-corrected chi connectivity index (χ2v) is 2.57. The lowest BCUT2D eigenvalue weighted by molar-refractivity contribution is 0.867. The van der Waals surface area contributed by atoms with Crippen molar-refractivity contribution >= 4 is 0 Å². The van der Waals surface area contributed by atoms with Gasteiger partial charge in [-0.15, -0.1) is 0 Å². The number of benzene rings is 1. The van der Waals surface area contributed by atoms with Gasteiger partial charge in [-0.3, -0.25) is 0 Å². The molecule has 0 heteroatoms. The van der Waals surface area contributed by atoms with Crippen LogP contribution >= 0.6 is 0 Å². The molecule has 50 valence electrons. The van der Waals surface area contributed by atoms with Crippen molar-refractivity contribution < 1.29 is 1.43 Å². The zero-order chi connectivity index (χ0) is 6.69. The van der Waals surface area contributed by atoms with Crippen molar-refractivity contribution in [3.63, 3.8) is 0 Å². The Bertz CT molecular complexity index is 167. The lowest BCUT2D eigenvalue weighted by atomic mass is 10.0. The molecule has 0 nitrogen and oxygen atoms in total. The van der Waals surface area contributed by atoms with E-state index >= 15 is 0 Å². The van der Waals surface area contributed by atoms with Crippen molar-refractivity contribution in [1.82, 2.24) is 0 Å². The summed E-state index contributed by atoms with van der Waals surface area (Å²) in [5.74, 6) is 0.659. The van der Waals surface area contributed by atoms with Gasteiger partial charge in [-0.1, -0.05) is 44.2 Å². The Morgan fingerprint density at radius 3 is 2.00 bits per heavy atom. The summed E-state index contributed by atoms with van der Waals surface area (Å²) < 4.78 is 0. The maximum atomic E-state index is 2.20. The minimum absolute atomic E-state index is 0. The van der Waals surface area contributed by atoms with E-state index in [1.54, 1.807) is 0 Å². The van der Waals surface area contributed by atoms with Crippen LogP contribution in [0.4, 0.5) is 0 Å². The van der Waals surface area contributed by atoms with Crippen molar-refractivity contribution in [2.24, 2.45) is 0 Å². The lowest BCUT2D eigenvalue weighted by Crippen LogP contribution is -1.83. The minimum atomic E-state index is 0. The highest BCUT2D eigenvalue weighted by molar-refractivity contribution is 5.17. The number of rotatable bonds is 1. The highest BCUT2D eigenvalue weighted by Crippen LogP contribution is 2.11. The predicted octanol–water partition coefficient (Wildman–Crippen LogP) is 3.06. The van der Waals surface area contributed by atoms with Gasteiger partial charge in [-0.05, 0) is 11.5 Å². The molecule has 0 radical (unpaired) electrons. The SMILES string of the molecule is CC(C)c1ccccc1.[HH]. The third kappa shape index (κ3) is 1.56.